The molecule has 98 valence electrons. The van der Waals surface area contributed by atoms with Crippen LogP contribution in [0.4, 0.5) is 33.3 Å². The minimum atomic E-state index is -4.62. The maximum Gasteiger partial charge on any atom is 0.405 e. The number of halogens is 5. The third-order valence-corrected chi connectivity index (χ3v) is 2.36. The van der Waals surface area contributed by atoms with Crippen molar-refractivity contribution in [1.29, 1.82) is 0 Å². The van der Waals surface area contributed by atoms with Gasteiger partial charge in [0.25, 0.3) is 0 Å². The topological polar surface area (TPSA) is 32.3 Å². The smallest absolute Gasteiger partial charge is 0.349 e. The summed E-state index contributed by atoms with van der Waals surface area (Å²) in [4.78, 5) is 11.6. The lowest BCUT2D eigenvalue weighted by molar-refractivity contribution is -0.122. The third-order valence-electron chi connectivity index (χ3n) is 2.36. The van der Waals surface area contributed by atoms with E-state index in [0.717, 1.165) is 12.1 Å². The van der Waals surface area contributed by atoms with Gasteiger partial charge >= 0.3 is 6.18 Å². The van der Waals surface area contributed by atoms with Gasteiger partial charge in [0.05, 0.1) is 12.2 Å². The van der Waals surface area contributed by atoms with Crippen LogP contribution in [0.15, 0.2) is 12.1 Å². The molecular weight excluding hydrogens is 259 g/mol. The zero-order valence-corrected chi connectivity index (χ0v) is 8.81. The van der Waals surface area contributed by atoms with Crippen molar-refractivity contribution in [3.63, 3.8) is 0 Å². The second-order valence-corrected chi connectivity index (χ2v) is 3.78. The highest BCUT2D eigenvalue weighted by molar-refractivity contribution is 6.01. The van der Waals surface area contributed by atoms with Crippen molar-refractivity contribution in [3.05, 3.63) is 23.8 Å². The average molecular weight is 266 g/mol. The van der Waals surface area contributed by atoms with Crippen LogP contribution in [0.25, 0.3) is 0 Å². The molecule has 1 N–H and O–H groups in total. The van der Waals surface area contributed by atoms with E-state index in [4.69, 9.17) is 0 Å². The summed E-state index contributed by atoms with van der Waals surface area (Å²) in [6.07, 6.45) is -4.62. The molecule has 0 aliphatic carbocycles. The van der Waals surface area contributed by atoms with Crippen LogP contribution in [-0.2, 0) is 4.79 Å². The molecule has 0 spiro atoms. The predicted octanol–water partition coefficient (Wildman–Crippen LogP) is 2.29. The molecule has 8 heteroatoms. The number of nitrogens with one attached hydrogen (secondary N) is 1. The monoisotopic (exact) mass is 266 g/mol. The van der Waals surface area contributed by atoms with Gasteiger partial charge in [-0.05, 0) is 12.1 Å². The molecule has 0 unspecified atom stereocenters. The van der Waals surface area contributed by atoms with Crippen molar-refractivity contribution in [2.24, 2.45) is 0 Å². The van der Waals surface area contributed by atoms with Crippen molar-refractivity contribution in [2.75, 3.05) is 23.3 Å². The molecule has 18 heavy (non-hydrogen) atoms. The summed E-state index contributed by atoms with van der Waals surface area (Å²) in [6, 6.07) is 1.76. The minimum Gasteiger partial charge on any atom is -0.349 e. The molecule has 1 aliphatic rings. The second-order valence-electron chi connectivity index (χ2n) is 3.78. The summed E-state index contributed by atoms with van der Waals surface area (Å²) in [7, 11) is 0. The summed E-state index contributed by atoms with van der Waals surface area (Å²) in [5.74, 6) is -3.38. The van der Waals surface area contributed by atoms with E-state index in [2.05, 4.69) is 5.32 Å². The highest BCUT2D eigenvalue weighted by Crippen LogP contribution is 2.35. The molecule has 3 nitrogen and oxygen atoms in total. The van der Waals surface area contributed by atoms with Crippen molar-refractivity contribution in [2.45, 2.75) is 6.18 Å². The van der Waals surface area contributed by atoms with E-state index in [9.17, 15) is 26.7 Å². The molecule has 0 bridgehead atoms. The van der Waals surface area contributed by atoms with E-state index in [1.807, 2.05) is 0 Å². The van der Waals surface area contributed by atoms with E-state index >= 15 is 0 Å². The number of alkyl halides is 3. The van der Waals surface area contributed by atoms with Crippen LogP contribution in [0.3, 0.4) is 0 Å². The Morgan fingerprint density at radius 2 is 1.94 bits per heavy atom. The van der Waals surface area contributed by atoms with Crippen LogP contribution in [0.5, 0.6) is 0 Å². The number of hydrogen-bond donors (Lipinski definition) is 1. The molecule has 1 aliphatic heterocycles. The fraction of sp³-hybridized carbons (Fsp3) is 0.300. The maximum absolute atomic E-state index is 13.5. The Bertz CT molecular complexity index is 500. The lowest BCUT2D eigenvalue weighted by Gasteiger charge is -2.31. The number of fused-ring (bicyclic) bond motifs is 1. The number of nitrogens with zero attached hydrogens (tertiary/aromatic N) is 1. The zero-order valence-electron chi connectivity index (χ0n) is 8.81. The van der Waals surface area contributed by atoms with E-state index in [0.29, 0.717) is 4.90 Å². The first-order valence-electron chi connectivity index (χ1n) is 4.87. The van der Waals surface area contributed by atoms with Gasteiger partial charge in [0.2, 0.25) is 5.91 Å². The van der Waals surface area contributed by atoms with Gasteiger partial charge < -0.3 is 10.2 Å². The number of benzene rings is 1. The Labute approximate surface area is 98.2 Å². The molecule has 1 aromatic carbocycles. The Hall–Kier alpha value is -1.86. The maximum atomic E-state index is 13.5. The SMILES string of the molecule is O=C1CN(CC(F)(F)F)c2c(ccc(F)c2F)N1. The van der Waals surface area contributed by atoms with E-state index < -0.39 is 42.5 Å². The molecular formula is C10H7F5N2O. The Morgan fingerprint density at radius 3 is 2.56 bits per heavy atom. The van der Waals surface area contributed by atoms with Gasteiger partial charge in [-0.15, -0.1) is 0 Å². The first-order chi connectivity index (χ1) is 8.28. The summed E-state index contributed by atoms with van der Waals surface area (Å²) in [5, 5.41) is 2.19. The molecule has 2 rings (SSSR count). The molecule has 0 atom stereocenters. The Morgan fingerprint density at radius 1 is 1.28 bits per heavy atom. The summed E-state index contributed by atoms with van der Waals surface area (Å²) in [6.45, 7) is -2.19. The predicted molar refractivity (Wildman–Crippen MR) is 53.3 cm³/mol. The van der Waals surface area contributed by atoms with Gasteiger partial charge in [-0.2, -0.15) is 13.2 Å². The largest absolute Gasteiger partial charge is 0.405 e. The van der Waals surface area contributed by atoms with E-state index in [1.165, 1.54) is 0 Å². The summed E-state index contributed by atoms with van der Waals surface area (Å²) in [5.41, 5.74) is -0.749. The van der Waals surface area contributed by atoms with Crippen molar-refractivity contribution >= 4 is 17.3 Å². The van der Waals surface area contributed by atoms with E-state index in [-0.39, 0.29) is 5.69 Å². The Kier molecular flexibility index (Phi) is 2.88. The first kappa shape index (κ1) is 12.6. The second kappa shape index (κ2) is 4.11. The lowest BCUT2D eigenvalue weighted by atomic mass is 10.1. The molecule has 1 amide bonds. The molecule has 0 saturated heterocycles. The van der Waals surface area contributed by atoms with Gasteiger partial charge in [0.15, 0.2) is 11.6 Å². The standard InChI is InChI=1S/C10H7F5N2O/c11-5-1-2-6-9(8(5)12)17(3-7(18)16-6)4-10(13,14)15/h1-2H,3-4H2,(H,16,18). The number of carbonyl (C=O) groups is 1. The van der Waals surface area contributed by atoms with Crippen molar-refractivity contribution in [1.82, 2.24) is 0 Å². The zero-order chi connectivity index (χ0) is 13.5. The highest BCUT2D eigenvalue weighted by atomic mass is 19.4. The van der Waals surface area contributed by atoms with Crippen LogP contribution in [-0.4, -0.2) is 25.2 Å². The van der Waals surface area contributed by atoms with Crippen molar-refractivity contribution in [3.8, 4) is 0 Å². The number of hydrogen-bond acceptors (Lipinski definition) is 2. The van der Waals surface area contributed by atoms with Crippen LogP contribution in [0, 0.1) is 11.6 Å². The summed E-state index contributed by atoms with van der Waals surface area (Å²) >= 11 is 0. The fourth-order valence-corrected chi connectivity index (χ4v) is 1.74. The molecule has 1 heterocycles. The van der Waals surface area contributed by atoms with Crippen molar-refractivity contribution < 1.29 is 26.7 Å². The van der Waals surface area contributed by atoms with Gasteiger partial charge in [-0.25, -0.2) is 8.78 Å². The fourth-order valence-electron chi connectivity index (χ4n) is 1.74. The number of carbonyl (C=O) groups excluding carboxylic acids is 1. The minimum absolute atomic E-state index is 0.172. The third kappa shape index (κ3) is 2.36. The van der Waals surface area contributed by atoms with Gasteiger partial charge in [-0.3, -0.25) is 4.79 Å². The molecule has 0 saturated carbocycles. The van der Waals surface area contributed by atoms with E-state index in [1.54, 1.807) is 0 Å². The highest BCUT2D eigenvalue weighted by Gasteiger charge is 2.36. The van der Waals surface area contributed by atoms with Gasteiger partial charge in [0, 0.05) is 0 Å². The number of rotatable bonds is 1. The Balaban J connectivity index is 2.46. The average Bonchev–Trinajstić information content (AvgIpc) is 2.20. The summed E-state index contributed by atoms with van der Waals surface area (Å²) < 4.78 is 63.4. The number of amides is 1. The first-order valence-corrected chi connectivity index (χ1v) is 4.87. The quantitative estimate of drug-likeness (QED) is 0.791. The molecule has 0 aromatic heterocycles. The molecule has 0 radical (unpaired) electrons. The molecule has 0 fully saturated rings. The van der Waals surface area contributed by atoms with Crippen LogP contribution in [0.2, 0.25) is 0 Å². The van der Waals surface area contributed by atoms with Gasteiger partial charge in [0.1, 0.15) is 12.2 Å². The number of anilines is 2. The van der Waals surface area contributed by atoms with Gasteiger partial charge in [-0.1, -0.05) is 0 Å². The van der Waals surface area contributed by atoms with Crippen LogP contribution >= 0.6 is 0 Å². The van der Waals surface area contributed by atoms with Crippen LogP contribution in [0.1, 0.15) is 0 Å². The lowest BCUT2D eigenvalue weighted by Crippen LogP contribution is -2.43. The molecule has 1 aromatic rings. The van der Waals surface area contributed by atoms with Crippen LogP contribution < -0.4 is 10.2 Å². The normalized spacial score (nSPS) is 15.4.